The summed E-state index contributed by atoms with van der Waals surface area (Å²) >= 11 is 0. The molecule has 0 heterocycles. The van der Waals surface area contributed by atoms with Gasteiger partial charge in [0.15, 0.2) is 5.84 Å². The standard InChI is InChI=1S/C16H23N3O/c17-16(19-20)15-8-6-14(7-9-15)12-18-11-10-13-4-2-1-3-5-13/h4,6-9,18,20H,1-3,5,10-12H2,(H2,17,19). The van der Waals surface area contributed by atoms with Gasteiger partial charge in [0, 0.05) is 12.1 Å². The zero-order valence-electron chi connectivity index (χ0n) is 11.8. The van der Waals surface area contributed by atoms with E-state index in [0.717, 1.165) is 25.1 Å². The van der Waals surface area contributed by atoms with E-state index in [1.54, 1.807) is 5.57 Å². The lowest BCUT2D eigenvalue weighted by atomic mass is 9.97. The van der Waals surface area contributed by atoms with Crippen LogP contribution in [0.3, 0.4) is 0 Å². The summed E-state index contributed by atoms with van der Waals surface area (Å²) in [5.41, 5.74) is 9.07. The first-order chi connectivity index (χ1) is 9.79. The topological polar surface area (TPSA) is 70.6 Å². The molecule has 0 aromatic heterocycles. The molecule has 20 heavy (non-hydrogen) atoms. The molecule has 4 heteroatoms. The fourth-order valence-corrected chi connectivity index (χ4v) is 2.46. The van der Waals surface area contributed by atoms with Crippen molar-refractivity contribution >= 4 is 5.84 Å². The third-order valence-electron chi connectivity index (χ3n) is 3.69. The lowest BCUT2D eigenvalue weighted by molar-refractivity contribution is 0.318. The molecule has 2 rings (SSSR count). The number of hydrogen-bond donors (Lipinski definition) is 3. The Morgan fingerprint density at radius 3 is 2.70 bits per heavy atom. The molecule has 0 atom stereocenters. The highest BCUT2D eigenvalue weighted by Crippen LogP contribution is 2.19. The van der Waals surface area contributed by atoms with Gasteiger partial charge in [0.2, 0.25) is 0 Å². The maximum absolute atomic E-state index is 8.60. The van der Waals surface area contributed by atoms with Crippen LogP contribution in [0.25, 0.3) is 0 Å². The van der Waals surface area contributed by atoms with E-state index in [1.807, 2.05) is 24.3 Å². The summed E-state index contributed by atoms with van der Waals surface area (Å²) in [6, 6.07) is 7.74. The Balaban J connectivity index is 1.72. The molecule has 1 aromatic carbocycles. The van der Waals surface area contributed by atoms with Crippen LogP contribution in [0.5, 0.6) is 0 Å². The molecule has 0 saturated carbocycles. The van der Waals surface area contributed by atoms with Gasteiger partial charge in [-0.15, -0.1) is 0 Å². The van der Waals surface area contributed by atoms with Crippen LogP contribution in [0.15, 0.2) is 41.1 Å². The molecule has 4 nitrogen and oxygen atoms in total. The van der Waals surface area contributed by atoms with Crippen LogP contribution in [0.4, 0.5) is 0 Å². The van der Waals surface area contributed by atoms with Crippen LogP contribution in [0.1, 0.15) is 43.2 Å². The third-order valence-corrected chi connectivity index (χ3v) is 3.69. The SMILES string of the molecule is NC(=NO)c1ccc(CNCCC2=CCCCC2)cc1. The number of nitrogens with one attached hydrogen (secondary N) is 1. The van der Waals surface area contributed by atoms with Gasteiger partial charge in [0.05, 0.1) is 0 Å². The first kappa shape index (κ1) is 14.6. The Morgan fingerprint density at radius 2 is 2.05 bits per heavy atom. The van der Waals surface area contributed by atoms with Crippen molar-refractivity contribution in [1.29, 1.82) is 0 Å². The van der Waals surface area contributed by atoms with Crippen LogP contribution in [-0.2, 0) is 6.54 Å². The maximum Gasteiger partial charge on any atom is 0.170 e. The predicted octanol–water partition coefficient (Wildman–Crippen LogP) is 2.76. The first-order valence-corrected chi connectivity index (χ1v) is 7.25. The number of nitrogens with two attached hydrogens (primary N) is 1. The molecule has 108 valence electrons. The van der Waals surface area contributed by atoms with Crippen molar-refractivity contribution in [1.82, 2.24) is 5.32 Å². The van der Waals surface area contributed by atoms with E-state index in [1.165, 1.54) is 31.2 Å². The average molecular weight is 273 g/mol. The summed E-state index contributed by atoms with van der Waals surface area (Å²) in [6.45, 7) is 1.87. The molecule has 0 saturated heterocycles. The lowest BCUT2D eigenvalue weighted by Gasteiger charge is -2.13. The van der Waals surface area contributed by atoms with E-state index in [2.05, 4.69) is 16.5 Å². The Morgan fingerprint density at radius 1 is 1.25 bits per heavy atom. The summed E-state index contributed by atoms with van der Waals surface area (Å²) in [4.78, 5) is 0. The number of oxime groups is 1. The van der Waals surface area contributed by atoms with Crippen molar-refractivity contribution in [2.45, 2.75) is 38.6 Å². The smallest absolute Gasteiger partial charge is 0.170 e. The van der Waals surface area contributed by atoms with E-state index in [-0.39, 0.29) is 5.84 Å². The van der Waals surface area contributed by atoms with E-state index in [4.69, 9.17) is 10.9 Å². The van der Waals surface area contributed by atoms with Crippen molar-refractivity contribution in [3.8, 4) is 0 Å². The monoisotopic (exact) mass is 273 g/mol. The molecule has 0 fully saturated rings. The normalized spacial score (nSPS) is 16.0. The summed E-state index contributed by atoms with van der Waals surface area (Å²) in [6.07, 6.45) is 8.78. The van der Waals surface area contributed by atoms with Crippen LogP contribution >= 0.6 is 0 Å². The molecule has 4 N–H and O–H groups in total. The number of hydrogen-bond acceptors (Lipinski definition) is 3. The average Bonchev–Trinajstić information content (AvgIpc) is 2.52. The molecule has 0 amide bonds. The molecule has 1 aliphatic rings. The summed E-state index contributed by atoms with van der Waals surface area (Å²) < 4.78 is 0. The number of rotatable bonds is 6. The van der Waals surface area contributed by atoms with Crippen molar-refractivity contribution < 1.29 is 5.21 Å². The zero-order valence-corrected chi connectivity index (χ0v) is 11.8. The molecular formula is C16H23N3O. The minimum absolute atomic E-state index is 0.147. The van der Waals surface area contributed by atoms with E-state index < -0.39 is 0 Å². The van der Waals surface area contributed by atoms with E-state index >= 15 is 0 Å². The maximum atomic E-state index is 8.60. The molecule has 0 bridgehead atoms. The first-order valence-electron chi connectivity index (χ1n) is 7.25. The highest BCUT2D eigenvalue weighted by Gasteiger charge is 2.03. The summed E-state index contributed by atoms with van der Waals surface area (Å²) in [5, 5.41) is 15.0. The van der Waals surface area contributed by atoms with Gasteiger partial charge in [-0.2, -0.15) is 0 Å². The quantitative estimate of drug-likeness (QED) is 0.186. The second-order valence-electron chi connectivity index (χ2n) is 5.22. The minimum Gasteiger partial charge on any atom is -0.409 e. The molecule has 0 radical (unpaired) electrons. The van der Waals surface area contributed by atoms with Gasteiger partial charge in [-0.25, -0.2) is 0 Å². The van der Waals surface area contributed by atoms with Gasteiger partial charge in [-0.05, 0) is 44.2 Å². The van der Waals surface area contributed by atoms with Crippen molar-refractivity contribution in [2.75, 3.05) is 6.54 Å². The van der Waals surface area contributed by atoms with Crippen LogP contribution in [0, 0.1) is 0 Å². The number of benzene rings is 1. The Hall–Kier alpha value is -1.81. The second kappa shape index (κ2) is 7.70. The predicted molar refractivity (Wildman–Crippen MR) is 81.8 cm³/mol. The zero-order chi connectivity index (χ0) is 14.2. The van der Waals surface area contributed by atoms with Gasteiger partial charge in [0.25, 0.3) is 0 Å². The summed E-state index contributed by atoms with van der Waals surface area (Å²) in [7, 11) is 0. The van der Waals surface area contributed by atoms with Crippen LogP contribution < -0.4 is 11.1 Å². The second-order valence-corrected chi connectivity index (χ2v) is 5.22. The van der Waals surface area contributed by atoms with Gasteiger partial charge in [-0.3, -0.25) is 0 Å². The van der Waals surface area contributed by atoms with Crippen LogP contribution in [0.2, 0.25) is 0 Å². The molecule has 0 spiro atoms. The molecule has 0 unspecified atom stereocenters. The third kappa shape index (κ3) is 4.38. The van der Waals surface area contributed by atoms with Gasteiger partial charge >= 0.3 is 0 Å². The molecule has 0 aliphatic heterocycles. The highest BCUT2D eigenvalue weighted by atomic mass is 16.4. The number of nitrogens with zero attached hydrogens (tertiary/aromatic N) is 1. The molecule has 1 aromatic rings. The Bertz CT molecular complexity index is 477. The Labute approximate surface area is 120 Å². The summed E-state index contributed by atoms with van der Waals surface area (Å²) in [5.74, 6) is 0.147. The lowest BCUT2D eigenvalue weighted by Crippen LogP contribution is -2.16. The largest absolute Gasteiger partial charge is 0.409 e. The number of amidine groups is 1. The Kier molecular flexibility index (Phi) is 5.62. The van der Waals surface area contributed by atoms with Crippen molar-refractivity contribution in [3.05, 3.63) is 47.0 Å². The van der Waals surface area contributed by atoms with E-state index in [0.29, 0.717) is 0 Å². The fraction of sp³-hybridized carbons (Fsp3) is 0.438. The van der Waals surface area contributed by atoms with Gasteiger partial charge in [-0.1, -0.05) is 41.1 Å². The van der Waals surface area contributed by atoms with Crippen molar-refractivity contribution in [3.63, 3.8) is 0 Å². The van der Waals surface area contributed by atoms with Gasteiger partial charge < -0.3 is 16.3 Å². The van der Waals surface area contributed by atoms with Crippen LogP contribution in [-0.4, -0.2) is 17.6 Å². The number of allylic oxidation sites excluding steroid dienone is 1. The fourth-order valence-electron chi connectivity index (χ4n) is 2.46. The highest BCUT2D eigenvalue weighted by molar-refractivity contribution is 5.96. The van der Waals surface area contributed by atoms with E-state index in [9.17, 15) is 0 Å². The molecule has 1 aliphatic carbocycles. The minimum atomic E-state index is 0.147. The van der Waals surface area contributed by atoms with Gasteiger partial charge in [0.1, 0.15) is 0 Å². The van der Waals surface area contributed by atoms with Crippen molar-refractivity contribution in [2.24, 2.45) is 10.9 Å². The molecular weight excluding hydrogens is 250 g/mol.